The SMILES string of the molecule is CCNc1ncc(Br)c2c(N)c(C)ccc12. The number of aryl methyl sites for hydroxylation is 1. The summed E-state index contributed by atoms with van der Waals surface area (Å²) in [4.78, 5) is 4.35. The number of nitrogen functional groups attached to an aromatic ring is 1. The Bertz CT molecular complexity index is 537. The van der Waals surface area contributed by atoms with E-state index in [-0.39, 0.29) is 0 Å². The molecule has 0 saturated heterocycles. The van der Waals surface area contributed by atoms with E-state index in [9.17, 15) is 0 Å². The number of halogens is 1. The van der Waals surface area contributed by atoms with Crippen molar-refractivity contribution in [2.45, 2.75) is 13.8 Å². The molecular weight excluding hydrogens is 266 g/mol. The van der Waals surface area contributed by atoms with Crippen molar-refractivity contribution in [1.29, 1.82) is 0 Å². The smallest absolute Gasteiger partial charge is 0.133 e. The van der Waals surface area contributed by atoms with Crippen LogP contribution in [0.1, 0.15) is 12.5 Å². The maximum Gasteiger partial charge on any atom is 0.133 e. The molecule has 0 atom stereocenters. The zero-order valence-electron chi connectivity index (χ0n) is 9.34. The predicted octanol–water partition coefficient (Wildman–Crippen LogP) is 3.32. The number of fused-ring (bicyclic) bond motifs is 1. The maximum atomic E-state index is 6.10. The van der Waals surface area contributed by atoms with Gasteiger partial charge in [0.05, 0.1) is 0 Å². The summed E-state index contributed by atoms with van der Waals surface area (Å²) in [5.74, 6) is 0.882. The van der Waals surface area contributed by atoms with Crippen LogP contribution in [-0.2, 0) is 0 Å². The Kier molecular flexibility index (Phi) is 3.01. The largest absolute Gasteiger partial charge is 0.398 e. The van der Waals surface area contributed by atoms with Crippen molar-refractivity contribution in [3.05, 3.63) is 28.4 Å². The third-order valence-electron chi connectivity index (χ3n) is 2.61. The molecule has 0 spiro atoms. The fraction of sp³-hybridized carbons (Fsp3) is 0.250. The molecule has 2 rings (SSSR count). The van der Waals surface area contributed by atoms with Gasteiger partial charge >= 0.3 is 0 Å². The second-order valence-electron chi connectivity index (χ2n) is 3.70. The van der Waals surface area contributed by atoms with Crippen LogP contribution in [0.4, 0.5) is 11.5 Å². The van der Waals surface area contributed by atoms with Crippen molar-refractivity contribution in [2.75, 3.05) is 17.6 Å². The van der Waals surface area contributed by atoms with Crippen LogP contribution in [0.25, 0.3) is 10.8 Å². The fourth-order valence-electron chi connectivity index (χ4n) is 1.74. The maximum absolute atomic E-state index is 6.10. The summed E-state index contributed by atoms with van der Waals surface area (Å²) in [5.41, 5.74) is 7.99. The van der Waals surface area contributed by atoms with Crippen LogP contribution in [0.15, 0.2) is 22.8 Å². The Hall–Kier alpha value is -1.29. The van der Waals surface area contributed by atoms with E-state index in [1.807, 2.05) is 19.9 Å². The monoisotopic (exact) mass is 279 g/mol. The van der Waals surface area contributed by atoms with Crippen LogP contribution in [0.2, 0.25) is 0 Å². The van der Waals surface area contributed by atoms with Crippen LogP contribution in [-0.4, -0.2) is 11.5 Å². The average Bonchev–Trinajstić information content (AvgIpc) is 2.27. The van der Waals surface area contributed by atoms with Crippen LogP contribution in [0, 0.1) is 6.92 Å². The van der Waals surface area contributed by atoms with E-state index in [0.717, 1.165) is 38.9 Å². The normalized spacial score (nSPS) is 10.7. The molecule has 0 bridgehead atoms. The van der Waals surface area contributed by atoms with Gasteiger partial charge in [0.15, 0.2) is 0 Å². The first kappa shape index (κ1) is 11.2. The van der Waals surface area contributed by atoms with Crippen molar-refractivity contribution < 1.29 is 0 Å². The molecule has 1 aromatic carbocycles. The summed E-state index contributed by atoms with van der Waals surface area (Å²) in [6.07, 6.45) is 1.79. The molecule has 0 aliphatic carbocycles. The second kappa shape index (κ2) is 4.29. The quantitative estimate of drug-likeness (QED) is 0.830. The summed E-state index contributed by atoms with van der Waals surface area (Å²) in [6.45, 7) is 4.90. The van der Waals surface area contributed by atoms with Crippen molar-refractivity contribution >= 4 is 38.2 Å². The van der Waals surface area contributed by atoms with Gasteiger partial charge in [-0.15, -0.1) is 0 Å². The second-order valence-corrected chi connectivity index (χ2v) is 4.56. The first-order valence-corrected chi connectivity index (χ1v) is 6.01. The number of nitrogens with two attached hydrogens (primary N) is 1. The molecular formula is C12H14BrN3. The number of anilines is 2. The van der Waals surface area contributed by atoms with Gasteiger partial charge in [0, 0.05) is 33.7 Å². The van der Waals surface area contributed by atoms with Gasteiger partial charge in [0.25, 0.3) is 0 Å². The number of hydrogen-bond donors (Lipinski definition) is 2. The molecule has 0 aliphatic rings. The molecule has 0 fully saturated rings. The summed E-state index contributed by atoms with van der Waals surface area (Å²) in [6, 6.07) is 4.07. The number of benzene rings is 1. The van der Waals surface area contributed by atoms with Crippen LogP contribution >= 0.6 is 15.9 Å². The number of aromatic nitrogens is 1. The van der Waals surface area contributed by atoms with Crippen molar-refractivity contribution in [2.24, 2.45) is 0 Å². The standard InChI is InChI=1S/C12H14BrN3/c1-3-15-12-8-5-4-7(2)11(14)10(8)9(13)6-16-12/h4-6H,3,14H2,1-2H3,(H,15,16). The fourth-order valence-corrected chi connectivity index (χ4v) is 2.27. The molecule has 0 saturated carbocycles. The molecule has 3 N–H and O–H groups in total. The van der Waals surface area contributed by atoms with E-state index >= 15 is 0 Å². The van der Waals surface area contributed by atoms with Gasteiger partial charge in [-0.2, -0.15) is 0 Å². The van der Waals surface area contributed by atoms with Gasteiger partial charge in [-0.3, -0.25) is 0 Å². The van der Waals surface area contributed by atoms with Gasteiger partial charge in [0.2, 0.25) is 0 Å². The first-order valence-electron chi connectivity index (χ1n) is 5.22. The lowest BCUT2D eigenvalue weighted by atomic mass is 10.1. The highest BCUT2D eigenvalue weighted by molar-refractivity contribution is 9.10. The summed E-state index contributed by atoms with van der Waals surface area (Å²) in [5, 5.41) is 5.33. The molecule has 0 unspecified atom stereocenters. The average molecular weight is 280 g/mol. The highest BCUT2D eigenvalue weighted by Crippen LogP contribution is 2.34. The van der Waals surface area contributed by atoms with Gasteiger partial charge < -0.3 is 11.1 Å². The van der Waals surface area contributed by atoms with Crippen molar-refractivity contribution in [3.8, 4) is 0 Å². The molecule has 84 valence electrons. The molecule has 3 nitrogen and oxygen atoms in total. The van der Waals surface area contributed by atoms with E-state index in [2.05, 4.69) is 32.3 Å². The summed E-state index contributed by atoms with van der Waals surface area (Å²) >= 11 is 3.50. The zero-order chi connectivity index (χ0) is 11.7. The molecule has 16 heavy (non-hydrogen) atoms. The molecule has 0 aliphatic heterocycles. The summed E-state index contributed by atoms with van der Waals surface area (Å²) in [7, 11) is 0. The first-order chi connectivity index (χ1) is 7.65. The Morgan fingerprint density at radius 3 is 2.88 bits per heavy atom. The minimum atomic E-state index is 0.811. The minimum absolute atomic E-state index is 0.811. The van der Waals surface area contributed by atoms with Gasteiger partial charge in [-0.25, -0.2) is 4.98 Å². The number of pyridine rings is 1. The Morgan fingerprint density at radius 1 is 1.44 bits per heavy atom. The van der Waals surface area contributed by atoms with E-state index in [1.54, 1.807) is 6.20 Å². The lowest BCUT2D eigenvalue weighted by Gasteiger charge is -2.11. The third kappa shape index (κ3) is 1.73. The molecule has 1 heterocycles. The molecule has 2 aromatic rings. The molecule has 0 radical (unpaired) electrons. The number of rotatable bonds is 2. The Morgan fingerprint density at radius 2 is 2.19 bits per heavy atom. The molecule has 1 aromatic heterocycles. The van der Waals surface area contributed by atoms with Gasteiger partial charge in [0.1, 0.15) is 5.82 Å². The Labute approximate surface area is 103 Å². The minimum Gasteiger partial charge on any atom is -0.398 e. The lowest BCUT2D eigenvalue weighted by molar-refractivity contribution is 1.17. The van der Waals surface area contributed by atoms with Gasteiger partial charge in [-0.05, 0) is 35.3 Å². The number of nitrogens with zero attached hydrogens (tertiary/aromatic N) is 1. The van der Waals surface area contributed by atoms with E-state index in [4.69, 9.17) is 5.73 Å². The molecule has 4 heteroatoms. The van der Waals surface area contributed by atoms with E-state index in [1.165, 1.54) is 0 Å². The topological polar surface area (TPSA) is 50.9 Å². The van der Waals surface area contributed by atoms with Crippen LogP contribution in [0.5, 0.6) is 0 Å². The number of hydrogen-bond acceptors (Lipinski definition) is 3. The van der Waals surface area contributed by atoms with Gasteiger partial charge in [-0.1, -0.05) is 12.1 Å². The Balaban J connectivity index is 2.80. The van der Waals surface area contributed by atoms with Crippen LogP contribution < -0.4 is 11.1 Å². The lowest BCUT2D eigenvalue weighted by Crippen LogP contribution is -2.01. The van der Waals surface area contributed by atoms with Crippen molar-refractivity contribution in [1.82, 2.24) is 4.98 Å². The van der Waals surface area contributed by atoms with E-state index in [0.29, 0.717) is 0 Å². The zero-order valence-corrected chi connectivity index (χ0v) is 10.9. The van der Waals surface area contributed by atoms with Crippen LogP contribution in [0.3, 0.4) is 0 Å². The van der Waals surface area contributed by atoms with Crippen molar-refractivity contribution in [3.63, 3.8) is 0 Å². The number of nitrogens with one attached hydrogen (secondary N) is 1. The highest BCUT2D eigenvalue weighted by atomic mass is 79.9. The molecule has 0 amide bonds. The third-order valence-corrected chi connectivity index (χ3v) is 3.21. The van der Waals surface area contributed by atoms with E-state index < -0.39 is 0 Å². The predicted molar refractivity (Wildman–Crippen MR) is 72.8 cm³/mol. The summed E-state index contributed by atoms with van der Waals surface area (Å²) < 4.78 is 0.936. The highest BCUT2D eigenvalue weighted by Gasteiger charge is 2.09.